The van der Waals surface area contributed by atoms with Crippen molar-refractivity contribution >= 4 is 38.9 Å². The molecule has 1 aliphatic heterocycles. The number of fused-ring (bicyclic) bond motifs is 1. The number of piperidine rings is 1. The van der Waals surface area contributed by atoms with Crippen molar-refractivity contribution in [2.24, 2.45) is 0 Å². The average molecular weight is 382 g/mol. The first-order valence-electron chi connectivity index (χ1n) is 9.25. The van der Waals surface area contributed by atoms with Gasteiger partial charge in [-0.3, -0.25) is 0 Å². The molecule has 1 N–H and O–H groups in total. The average Bonchev–Trinajstić information content (AvgIpc) is 3.13. The number of hydrogen-bond acceptors (Lipinski definition) is 3. The van der Waals surface area contributed by atoms with Crippen molar-refractivity contribution in [1.82, 2.24) is 15.2 Å². The standard InChI is InChI=1S/C21H23N3S2/c25-21(22-14-13-16-8-2-1-3-9-16)24-15-7-6-11-18(24)20-23-17-10-4-5-12-19(17)26-20/h1-5,8-10,12,18H,6-7,11,13-15H2,(H,22,25)/t18-/m0/s1. The molecule has 0 saturated carbocycles. The molecule has 1 atom stereocenters. The predicted octanol–water partition coefficient (Wildman–Crippen LogP) is 4.94. The van der Waals surface area contributed by atoms with E-state index in [1.54, 1.807) is 11.3 Å². The van der Waals surface area contributed by atoms with Crippen molar-refractivity contribution in [1.29, 1.82) is 0 Å². The Balaban J connectivity index is 1.43. The predicted molar refractivity (Wildman–Crippen MR) is 114 cm³/mol. The second kappa shape index (κ2) is 8.14. The quantitative estimate of drug-likeness (QED) is 0.648. The Labute approximate surface area is 164 Å². The molecule has 1 fully saturated rings. The van der Waals surface area contributed by atoms with E-state index < -0.39 is 0 Å². The number of nitrogens with zero attached hydrogens (tertiary/aromatic N) is 2. The van der Waals surface area contributed by atoms with Crippen LogP contribution in [0, 0.1) is 0 Å². The highest BCUT2D eigenvalue weighted by Crippen LogP contribution is 2.35. The molecule has 1 aliphatic rings. The molecule has 0 spiro atoms. The molecule has 0 unspecified atom stereocenters. The minimum absolute atomic E-state index is 0.304. The van der Waals surface area contributed by atoms with E-state index in [2.05, 4.69) is 64.8 Å². The third-order valence-electron chi connectivity index (χ3n) is 4.89. The Morgan fingerprint density at radius 1 is 1.12 bits per heavy atom. The van der Waals surface area contributed by atoms with Gasteiger partial charge < -0.3 is 10.2 Å². The van der Waals surface area contributed by atoms with Gasteiger partial charge >= 0.3 is 0 Å². The summed E-state index contributed by atoms with van der Waals surface area (Å²) in [6.07, 6.45) is 4.55. The van der Waals surface area contributed by atoms with Gasteiger partial charge in [-0.15, -0.1) is 11.3 Å². The third-order valence-corrected chi connectivity index (χ3v) is 6.41. The number of para-hydroxylation sites is 1. The van der Waals surface area contributed by atoms with E-state index in [9.17, 15) is 0 Å². The zero-order valence-electron chi connectivity index (χ0n) is 14.7. The molecular weight excluding hydrogens is 358 g/mol. The maximum absolute atomic E-state index is 5.74. The summed E-state index contributed by atoms with van der Waals surface area (Å²) in [5, 5.41) is 5.53. The van der Waals surface area contributed by atoms with Crippen LogP contribution in [0.4, 0.5) is 0 Å². The molecule has 5 heteroatoms. The SMILES string of the molecule is S=C(NCCc1ccccc1)N1CCCC[C@H]1c1nc2ccccc2s1. The lowest BCUT2D eigenvalue weighted by Crippen LogP contribution is -2.45. The van der Waals surface area contributed by atoms with Crippen molar-refractivity contribution in [3.63, 3.8) is 0 Å². The first-order chi connectivity index (χ1) is 12.8. The highest BCUT2D eigenvalue weighted by Gasteiger charge is 2.28. The summed E-state index contributed by atoms with van der Waals surface area (Å²) < 4.78 is 1.26. The number of aromatic nitrogens is 1. The van der Waals surface area contributed by atoms with Crippen molar-refractivity contribution in [3.05, 3.63) is 65.2 Å². The van der Waals surface area contributed by atoms with Gasteiger partial charge in [0.05, 0.1) is 16.3 Å². The van der Waals surface area contributed by atoms with Gasteiger partial charge in [0.15, 0.2) is 5.11 Å². The molecular formula is C21H23N3S2. The molecule has 0 radical (unpaired) electrons. The van der Waals surface area contributed by atoms with Crippen LogP contribution in [-0.2, 0) is 6.42 Å². The lowest BCUT2D eigenvalue weighted by atomic mass is 10.0. The smallest absolute Gasteiger partial charge is 0.169 e. The van der Waals surface area contributed by atoms with Gasteiger partial charge in [0.25, 0.3) is 0 Å². The van der Waals surface area contributed by atoms with E-state index in [4.69, 9.17) is 17.2 Å². The van der Waals surface area contributed by atoms with E-state index >= 15 is 0 Å². The summed E-state index contributed by atoms with van der Waals surface area (Å²) in [5.74, 6) is 0. The molecule has 26 heavy (non-hydrogen) atoms. The number of thiocarbonyl (C=S) groups is 1. The lowest BCUT2D eigenvalue weighted by Gasteiger charge is -2.36. The van der Waals surface area contributed by atoms with Crippen LogP contribution in [0.5, 0.6) is 0 Å². The number of benzene rings is 2. The van der Waals surface area contributed by atoms with Gasteiger partial charge in [0.1, 0.15) is 5.01 Å². The minimum atomic E-state index is 0.304. The van der Waals surface area contributed by atoms with Crippen LogP contribution in [0.3, 0.4) is 0 Å². The lowest BCUT2D eigenvalue weighted by molar-refractivity contribution is 0.242. The monoisotopic (exact) mass is 381 g/mol. The minimum Gasteiger partial charge on any atom is -0.362 e. The van der Waals surface area contributed by atoms with E-state index in [0.29, 0.717) is 6.04 Å². The third kappa shape index (κ3) is 3.89. The maximum atomic E-state index is 5.74. The summed E-state index contributed by atoms with van der Waals surface area (Å²) >= 11 is 7.54. The molecule has 0 bridgehead atoms. The molecule has 1 saturated heterocycles. The normalized spacial score (nSPS) is 17.4. The molecule has 0 aliphatic carbocycles. The summed E-state index contributed by atoms with van der Waals surface area (Å²) in [6.45, 7) is 1.88. The summed E-state index contributed by atoms with van der Waals surface area (Å²) in [5.41, 5.74) is 2.44. The van der Waals surface area contributed by atoms with Gasteiger partial charge in [0, 0.05) is 13.1 Å². The molecule has 2 aromatic carbocycles. The first kappa shape index (κ1) is 17.4. The fourth-order valence-corrected chi connectivity index (χ4v) is 4.96. The first-order valence-corrected chi connectivity index (χ1v) is 10.5. The number of hydrogen-bond donors (Lipinski definition) is 1. The largest absolute Gasteiger partial charge is 0.362 e. The van der Waals surface area contributed by atoms with Crippen LogP contribution in [0.25, 0.3) is 10.2 Å². The van der Waals surface area contributed by atoms with Gasteiger partial charge in [-0.05, 0) is 55.6 Å². The Hall–Kier alpha value is -1.98. The number of rotatable bonds is 4. The Bertz CT molecular complexity index is 842. The van der Waals surface area contributed by atoms with Crippen LogP contribution in [0.2, 0.25) is 0 Å². The van der Waals surface area contributed by atoms with E-state index in [1.165, 1.54) is 28.1 Å². The molecule has 4 rings (SSSR count). The van der Waals surface area contributed by atoms with Crippen LogP contribution in [-0.4, -0.2) is 28.1 Å². The van der Waals surface area contributed by atoms with Gasteiger partial charge in [-0.25, -0.2) is 4.98 Å². The highest BCUT2D eigenvalue weighted by molar-refractivity contribution is 7.80. The molecule has 2 heterocycles. The van der Waals surface area contributed by atoms with Gasteiger partial charge in [0.2, 0.25) is 0 Å². The maximum Gasteiger partial charge on any atom is 0.169 e. The Kier molecular flexibility index (Phi) is 5.46. The van der Waals surface area contributed by atoms with Crippen molar-refractivity contribution in [2.75, 3.05) is 13.1 Å². The molecule has 0 amide bonds. The van der Waals surface area contributed by atoms with Crippen molar-refractivity contribution in [3.8, 4) is 0 Å². The van der Waals surface area contributed by atoms with E-state index in [1.807, 2.05) is 0 Å². The molecule has 1 aromatic heterocycles. The van der Waals surface area contributed by atoms with Crippen LogP contribution < -0.4 is 5.32 Å². The zero-order chi connectivity index (χ0) is 17.8. The molecule has 3 aromatic rings. The topological polar surface area (TPSA) is 28.2 Å². The molecule has 3 nitrogen and oxygen atoms in total. The molecule has 134 valence electrons. The Morgan fingerprint density at radius 2 is 1.92 bits per heavy atom. The second-order valence-corrected chi connectivity index (χ2v) is 8.14. The fraction of sp³-hybridized carbons (Fsp3) is 0.333. The van der Waals surface area contributed by atoms with E-state index in [0.717, 1.165) is 36.6 Å². The second-order valence-electron chi connectivity index (χ2n) is 6.69. The Morgan fingerprint density at radius 3 is 2.77 bits per heavy atom. The van der Waals surface area contributed by atoms with Crippen LogP contribution in [0.15, 0.2) is 54.6 Å². The van der Waals surface area contributed by atoms with Gasteiger partial charge in [-0.1, -0.05) is 42.5 Å². The van der Waals surface area contributed by atoms with Crippen LogP contribution >= 0.6 is 23.6 Å². The number of nitrogens with one attached hydrogen (secondary N) is 1. The summed E-state index contributed by atoms with van der Waals surface area (Å²) in [7, 11) is 0. The van der Waals surface area contributed by atoms with Crippen molar-refractivity contribution < 1.29 is 0 Å². The fourth-order valence-electron chi connectivity index (χ4n) is 3.52. The summed E-state index contributed by atoms with van der Waals surface area (Å²) in [6, 6.07) is 19.2. The van der Waals surface area contributed by atoms with Gasteiger partial charge in [-0.2, -0.15) is 0 Å². The zero-order valence-corrected chi connectivity index (χ0v) is 16.4. The van der Waals surface area contributed by atoms with Crippen LogP contribution in [0.1, 0.15) is 35.9 Å². The van der Waals surface area contributed by atoms with Crippen molar-refractivity contribution in [2.45, 2.75) is 31.7 Å². The summed E-state index contributed by atoms with van der Waals surface area (Å²) in [4.78, 5) is 7.24. The highest BCUT2D eigenvalue weighted by atomic mass is 32.1. The number of likely N-dealkylation sites (tertiary alicyclic amines) is 1. The number of thiazole rings is 1. The van der Waals surface area contributed by atoms with E-state index in [-0.39, 0.29) is 0 Å².